The Morgan fingerprint density at radius 3 is 1.86 bits per heavy atom. The average Bonchev–Trinajstić information content (AvgIpc) is 3.74. The number of hydrogen-bond donors (Lipinski definition) is 0. The molecule has 3 heterocycles. The minimum Gasteiger partial charge on any atom is -0.309 e. The van der Waals surface area contributed by atoms with Gasteiger partial charge in [-0.25, -0.2) is 9.97 Å². The molecule has 7 aromatic carbocycles. The van der Waals surface area contributed by atoms with Crippen LogP contribution >= 0.6 is 11.3 Å². The van der Waals surface area contributed by atoms with E-state index in [1.54, 1.807) is 11.3 Å². The quantitative estimate of drug-likeness (QED) is 0.185. The van der Waals surface area contributed by atoms with Crippen LogP contribution in [0.2, 0.25) is 0 Å². The van der Waals surface area contributed by atoms with Crippen molar-refractivity contribution in [2.45, 2.75) is 0 Å². The molecule has 0 radical (unpaired) electrons. The van der Waals surface area contributed by atoms with E-state index in [4.69, 9.17) is 9.97 Å². The average molecular weight is 656 g/mol. The first kappa shape index (κ1) is 28.6. The summed E-state index contributed by atoms with van der Waals surface area (Å²) in [5.41, 5.74) is 12.3. The minimum atomic E-state index is 0.731. The molecule has 0 aliphatic rings. The van der Waals surface area contributed by atoms with Gasteiger partial charge >= 0.3 is 0 Å². The second-order valence-electron chi connectivity index (χ2n) is 12.6. The maximum atomic E-state index is 5.22. The summed E-state index contributed by atoms with van der Waals surface area (Å²) in [5.74, 6) is 0.731. The van der Waals surface area contributed by atoms with Gasteiger partial charge in [-0.05, 0) is 64.7 Å². The van der Waals surface area contributed by atoms with E-state index in [-0.39, 0.29) is 0 Å². The zero-order valence-corrected chi connectivity index (χ0v) is 27.8. The van der Waals surface area contributed by atoms with Crippen LogP contribution in [0.15, 0.2) is 176 Å². The van der Waals surface area contributed by atoms with E-state index in [1.807, 2.05) is 6.07 Å². The molecular weight excluding hydrogens is 627 g/mol. The van der Waals surface area contributed by atoms with Crippen LogP contribution < -0.4 is 0 Å². The molecule has 0 N–H and O–H groups in total. The Morgan fingerprint density at radius 1 is 0.400 bits per heavy atom. The Labute approximate surface area is 293 Å². The van der Waals surface area contributed by atoms with Gasteiger partial charge in [-0.3, -0.25) is 0 Å². The van der Waals surface area contributed by atoms with E-state index in [1.165, 1.54) is 43.0 Å². The van der Waals surface area contributed by atoms with Crippen molar-refractivity contribution in [2.24, 2.45) is 0 Å². The molecule has 0 aliphatic heterocycles. The second-order valence-corrected chi connectivity index (χ2v) is 13.7. The van der Waals surface area contributed by atoms with Gasteiger partial charge in [0.15, 0.2) is 5.82 Å². The zero-order chi connectivity index (χ0) is 33.0. The van der Waals surface area contributed by atoms with Gasteiger partial charge in [0.1, 0.15) is 0 Å². The molecule has 50 heavy (non-hydrogen) atoms. The number of benzene rings is 7. The summed E-state index contributed by atoms with van der Waals surface area (Å²) < 4.78 is 4.72. The number of fused-ring (bicyclic) bond motifs is 6. The highest BCUT2D eigenvalue weighted by Gasteiger charge is 2.18. The van der Waals surface area contributed by atoms with E-state index in [2.05, 4.69) is 174 Å². The fourth-order valence-electron chi connectivity index (χ4n) is 7.24. The maximum Gasteiger partial charge on any atom is 0.160 e. The molecule has 3 nitrogen and oxygen atoms in total. The van der Waals surface area contributed by atoms with Crippen molar-refractivity contribution in [2.75, 3.05) is 0 Å². The third kappa shape index (κ3) is 4.73. The van der Waals surface area contributed by atoms with Crippen molar-refractivity contribution >= 4 is 53.4 Å². The summed E-state index contributed by atoms with van der Waals surface area (Å²) in [7, 11) is 0. The number of rotatable bonds is 5. The van der Waals surface area contributed by atoms with Gasteiger partial charge in [0, 0.05) is 37.7 Å². The highest BCUT2D eigenvalue weighted by atomic mass is 32.1. The molecule has 0 atom stereocenters. The predicted octanol–water partition coefficient (Wildman–Crippen LogP) is 12.6. The maximum absolute atomic E-state index is 5.22. The lowest BCUT2D eigenvalue weighted by Crippen LogP contribution is -1.95. The van der Waals surface area contributed by atoms with Gasteiger partial charge in [-0.1, -0.05) is 133 Å². The van der Waals surface area contributed by atoms with Crippen molar-refractivity contribution in [3.8, 4) is 50.6 Å². The molecule has 10 rings (SSSR count). The lowest BCUT2D eigenvalue weighted by Gasteiger charge is -2.12. The third-order valence-electron chi connectivity index (χ3n) is 9.61. The van der Waals surface area contributed by atoms with Crippen LogP contribution in [0, 0.1) is 0 Å². The smallest absolute Gasteiger partial charge is 0.160 e. The molecule has 0 saturated heterocycles. The van der Waals surface area contributed by atoms with E-state index in [0.717, 1.165) is 49.7 Å². The van der Waals surface area contributed by atoms with Crippen molar-refractivity contribution in [1.82, 2.24) is 14.5 Å². The number of hydrogen-bond acceptors (Lipinski definition) is 3. The van der Waals surface area contributed by atoms with Crippen LogP contribution in [0.5, 0.6) is 0 Å². The van der Waals surface area contributed by atoms with E-state index in [0.29, 0.717) is 0 Å². The number of nitrogens with zero attached hydrogens (tertiary/aromatic N) is 3. The Bertz CT molecular complexity index is 2870. The first-order valence-corrected chi connectivity index (χ1v) is 17.6. The van der Waals surface area contributed by atoms with Gasteiger partial charge in [-0.15, -0.1) is 11.3 Å². The van der Waals surface area contributed by atoms with Gasteiger partial charge in [0.05, 0.1) is 26.9 Å². The first-order valence-electron chi connectivity index (χ1n) is 16.8. The summed E-state index contributed by atoms with van der Waals surface area (Å²) in [6.45, 7) is 0. The summed E-state index contributed by atoms with van der Waals surface area (Å²) in [6.07, 6.45) is 0. The molecule has 0 bridgehead atoms. The Hall–Kier alpha value is -6.36. The van der Waals surface area contributed by atoms with Gasteiger partial charge in [0.2, 0.25) is 0 Å². The monoisotopic (exact) mass is 655 g/mol. The standard InChI is InChI=1S/C46H29N3S/c1-3-13-30(14-4-1)34-25-26-41-39(29-34)37-21-7-9-23-40(37)49(41)36-20-12-18-33(28-36)32-17-11-19-35(27-32)46-47-43(31-15-5-2-6-16-31)45-44(48-46)38-22-8-10-24-42(38)50-45/h1-29H. The summed E-state index contributed by atoms with van der Waals surface area (Å²) >= 11 is 1.76. The lowest BCUT2D eigenvalue weighted by molar-refractivity contribution is 1.18. The molecule has 3 aromatic heterocycles. The third-order valence-corrected chi connectivity index (χ3v) is 10.8. The van der Waals surface area contributed by atoms with Crippen molar-refractivity contribution in [3.63, 3.8) is 0 Å². The molecule has 0 aliphatic carbocycles. The van der Waals surface area contributed by atoms with Crippen LogP contribution in [0.1, 0.15) is 0 Å². The minimum absolute atomic E-state index is 0.731. The van der Waals surface area contributed by atoms with Gasteiger partial charge < -0.3 is 4.57 Å². The van der Waals surface area contributed by atoms with E-state index >= 15 is 0 Å². The SMILES string of the molecule is c1ccc(-c2ccc3c(c2)c2ccccc2n3-c2cccc(-c3cccc(-c4nc(-c5ccccc5)c5sc6ccccc6c5n4)c3)c2)cc1. The lowest BCUT2D eigenvalue weighted by atomic mass is 10.0. The Balaban J connectivity index is 1.10. The van der Waals surface area contributed by atoms with Gasteiger partial charge in [0.25, 0.3) is 0 Å². The molecule has 0 unspecified atom stereocenters. The predicted molar refractivity (Wildman–Crippen MR) is 211 cm³/mol. The zero-order valence-electron chi connectivity index (χ0n) is 27.0. The molecule has 0 spiro atoms. The molecular formula is C46H29N3S. The summed E-state index contributed by atoms with van der Waals surface area (Å²) in [4.78, 5) is 10.4. The Morgan fingerprint density at radius 2 is 1.02 bits per heavy atom. The molecule has 0 amide bonds. The van der Waals surface area contributed by atoms with Crippen LogP contribution in [0.4, 0.5) is 0 Å². The summed E-state index contributed by atoms with van der Waals surface area (Å²) in [5, 5.41) is 3.66. The van der Waals surface area contributed by atoms with Crippen LogP contribution in [-0.4, -0.2) is 14.5 Å². The molecule has 234 valence electrons. The fraction of sp³-hybridized carbons (Fsp3) is 0. The fourth-order valence-corrected chi connectivity index (χ4v) is 8.39. The van der Waals surface area contributed by atoms with Crippen LogP contribution in [0.3, 0.4) is 0 Å². The largest absolute Gasteiger partial charge is 0.309 e. The summed E-state index contributed by atoms with van der Waals surface area (Å²) in [6, 6.07) is 62.6. The second kappa shape index (κ2) is 11.7. The van der Waals surface area contributed by atoms with Crippen LogP contribution in [0.25, 0.3) is 92.7 Å². The van der Waals surface area contributed by atoms with E-state index < -0.39 is 0 Å². The van der Waals surface area contributed by atoms with Crippen molar-refractivity contribution in [1.29, 1.82) is 0 Å². The van der Waals surface area contributed by atoms with Gasteiger partial charge in [-0.2, -0.15) is 0 Å². The molecule has 0 fully saturated rings. The number of aromatic nitrogens is 3. The number of thiophene rings is 1. The molecule has 10 aromatic rings. The van der Waals surface area contributed by atoms with Crippen molar-refractivity contribution in [3.05, 3.63) is 176 Å². The highest BCUT2D eigenvalue weighted by Crippen LogP contribution is 2.40. The Kier molecular flexibility index (Phi) is 6.68. The molecule has 4 heteroatoms. The highest BCUT2D eigenvalue weighted by molar-refractivity contribution is 7.26. The topological polar surface area (TPSA) is 30.7 Å². The molecule has 0 saturated carbocycles. The normalized spacial score (nSPS) is 11.6. The first-order chi connectivity index (χ1) is 24.8. The van der Waals surface area contributed by atoms with Crippen LogP contribution in [-0.2, 0) is 0 Å². The number of para-hydroxylation sites is 1. The van der Waals surface area contributed by atoms with E-state index in [9.17, 15) is 0 Å². The van der Waals surface area contributed by atoms with Crippen molar-refractivity contribution < 1.29 is 0 Å².